The molecule has 0 bridgehead atoms. The molecule has 1 aliphatic heterocycles. The van der Waals surface area contributed by atoms with Crippen LogP contribution >= 0.6 is 0 Å². The molecule has 0 unspecified atom stereocenters. The highest BCUT2D eigenvalue weighted by molar-refractivity contribution is 5.39. The molecule has 1 saturated heterocycles. The summed E-state index contributed by atoms with van der Waals surface area (Å²) >= 11 is 0. The number of hydrogen-bond donors (Lipinski definition) is 1. The third kappa shape index (κ3) is 2.95. The van der Waals surface area contributed by atoms with Crippen LogP contribution in [0.3, 0.4) is 0 Å². The van der Waals surface area contributed by atoms with Gasteiger partial charge in [-0.25, -0.2) is 4.98 Å². The molecular formula is C13H20N2O. The average molecular weight is 220 g/mol. The summed E-state index contributed by atoms with van der Waals surface area (Å²) in [5.74, 6) is 1.08. The summed E-state index contributed by atoms with van der Waals surface area (Å²) in [7, 11) is 0. The highest BCUT2D eigenvalue weighted by Crippen LogP contribution is 2.17. The number of piperidine rings is 1. The molecule has 1 aliphatic rings. The molecule has 0 aliphatic carbocycles. The number of pyridine rings is 1. The lowest BCUT2D eigenvalue weighted by molar-refractivity contribution is 0.195. The van der Waals surface area contributed by atoms with Crippen LogP contribution in [0.1, 0.15) is 31.7 Å². The number of hydrogen-bond acceptors (Lipinski definition) is 3. The van der Waals surface area contributed by atoms with E-state index in [1.54, 1.807) is 6.92 Å². The van der Waals surface area contributed by atoms with Crippen LogP contribution in [-0.2, 0) is 6.42 Å². The molecule has 0 aromatic carbocycles. The number of aliphatic hydroxyl groups is 1. The Bertz CT molecular complexity index is 315. The molecule has 16 heavy (non-hydrogen) atoms. The quantitative estimate of drug-likeness (QED) is 0.846. The van der Waals surface area contributed by atoms with E-state index in [2.05, 4.69) is 22.0 Å². The zero-order valence-electron chi connectivity index (χ0n) is 9.89. The first-order chi connectivity index (χ1) is 7.75. The lowest BCUT2D eigenvalue weighted by Gasteiger charge is -2.27. The second-order valence-corrected chi connectivity index (χ2v) is 4.63. The predicted molar refractivity (Wildman–Crippen MR) is 65.7 cm³/mol. The minimum absolute atomic E-state index is 0.289. The van der Waals surface area contributed by atoms with Crippen LogP contribution in [0.2, 0.25) is 0 Å². The Labute approximate surface area is 97.1 Å². The predicted octanol–water partition coefficient (Wildman–Crippen LogP) is 2.00. The van der Waals surface area contributed by atoms with Gasteiger partial charge in [0, 0.05) is 19.3 Å². The number of aliphatic hydroxyl groups excluding tert-OH is 1. The molecule has 3 nitrogen and oxygen atoms in total. The van der Waals surface area contributed by atoms with Crippen LogP contribution in [0, 0.1) is 0 Å². The second-order valence-electron chi connectivity index (χ2n) is 4.63. The lowest BCUT2D eigenvalue weighted by Crippen LogP contribution is -2.30. The Morgan fingerprint density at radius 1 is 1.31 bits per heavy atom. The molecule has 1 aromatic rings. The van der Waals surface area contributed by atoms with Gasteiger partial charge >= 0.3 is 0 Å². The van der Waals surface area contributed by atoms with Crippen LogP contribution in [0.15, 0.2) is 18.3 Å². The number of anilines is 1. The monoisotopic (exact) mass is 220 g/mol. The van der Waals surface area contributed by atoms with E-state index in [-0.39, 0.29) is 6.10 Å². The third-order valence-corrected chi connectivity index (χ3v) is 3.02. The number of rotatable bonds is 3. The minimum Gasteiger partial charge on any atom is -0.393 e. The fourth-order valence-corrected chi connectivity index (χ4v) is 2.19. The molecule has 3 heteroatoms. The zero-order chi connectivity index (χ0) is 11.4. The van der Waals surface area contributed by atoms with Crippen molar-refractivity contribution in [1.82, 2.24) is 4.98 Å². The van der Waals surface area contributed by atoms with Crippen molar-refractivity contribution in [3.63, 3.8) is 0 Å². The molecular weight excluding hydrogens is 200 g/mol. The number of nitrogens with zero attached hydrogens (tertiary/aromatic N) is 2. The molecule has 2 rings (SSSR count). The van der Waals surface area contributed by atoms with E-state index < -0.39 is 0 Å². The summed E-state index contributed by atoms with van der Waals surface area (Å²) in [4.78, 5) is 6.81. The van der Waals surface area contributed by atoms with Crippen molar-refractivity contribution in [3.8, 4) is 0 Å². The summed E-state index contributed by atoms with van der Waals surface area (Å²) < 4.78 is 0. The molecule has 2 heterocycles. The summed E-state index contributed by atoms with van der Waals surface area (Å²) in [6.45, 7) is 4.06. The van der Waals surface area contributed by atoms with Crippen molar-refractivity contribution in [1.29, 1.82) is 0 Å². The van der Waals surface area contributed by atoms with Gasteiger partial charge in [0.25, 0.3) is 0 Å². The highest BCUT2D eigenvalue weighted by Gasteiger charge is 2.11. The minimum atomic E-state index is -0.289. The van der Waals surface area contributed by atoms with Gasteiger partial charge < -0.3 is 10.0 Å². The molecule has 1 aromatic heterocycles. The summed E-state index contributed by atoms with van der Waals surface area (Å²) in [6, 6.07) is 4.15. The largest absolute Gasteiger partial charge is 0.393 e. The molecule has 1 N–H and O–H groups in total. The van der Waals surface area contributed by atoms with Crippen molar-refractivity contribution >= 4 is 5.82 Å². The fourth-order valence-electron chi connectivity index (χ4n) is 2.19. The number of aromatic nitrogens is 1. The molecule has 0 amide bonds. The Kier molecular flexibility index (Phi) is 3.78. The van der Waals surface area contributed by atoms with E-state index in [9.17, 15) is 5.11 Å². The van der Waals surface area contributed by atoms with Crippen LogP contribution in [-0.4, -0.2) is 29.3 Å². The van der Waals surface area contributed by atoms with Gasteiger partial charge in [0.2, 0.25) is 0 Å². The molecule has 1 atom stereocenters. The van der Waals surface area contributed by atoms with Crippen molar-refractivity contribution in [2.24, 2.45) is 0 Å². The standard InChI is InChI=1S/C13H20N2O/c1-11(16)9-12-5-6-13(14-10-12)15-7-3-2-4-8-15/h5-6,10-11,16H,2-4,7-9H2,1H3/t11-/m0/s1. The van der Waals surface area contributed by atoms with Crippen LogP contribution in [0.4, 0.5) is 5.82 Å². The summed E-state index contributed by atoms with van der Waals surface area (Å²) in [6.07, 6.45) is 6.18. The molecule has 0 radical (unpaired) electrons. The first-order valence-corrected chi connectivity index (χ1v) is 6.13. The fraction of sp³-hybridized carbons (Fsp3) is 0.615. The molecule has 88 valence electrons. The Morgan fingerprint density at radius 3 is 2.62 bits per heavy atom. The maximum absolute atomic E-state index is 9.29. The van der Waals surface area contributed by atoms with Gasteiger partial charge in [0.1, 0.15) is 5.82 Å². The Hall–Kier alpha value is -1.09. The first-order valence-electron chi connectivity index (χ1n) is 6.13. The maximum atomic E-state index is 9.29. The van der Waals surface area contributed by atoms with Gasteiger partial charge in [-0.3, -0.25) is 0 Å². The maximum Gasteiger partial charge on any atom is 0.128 e. The van der Waals surface area contributed by atoms with E-state index >= 15 is 0 Å². The molecule has 1 fully saturated rings. The van der Waals surface area contributed by atoms with Gasteiger partial charge in [-0.2, -0.15) is 0 Å². The molecule has 0 saturated carbocycles. The van der Waals surface area contributed by atoms with Gasteiger partial charge in [0.15, 0.2) is 0 Å². The van der Waals surface area contributed by atoms with Crippen molar-refractivity contribution < 1.29 is 5.11 Å². The lowest BCUT2D eigenvalue weighted by atomic mass is 10.1. The van der Waals surface area contributed by atoms with Crippen LogP contribution in [0.5, 0.6) is 0 Å². The van der Waals surface area contributed by atoms with E-state index in [1.165, 1.54) is 19.3 Å². The van der Waals surface area contributed by atoms with Crippen LogP contribution in [0.25, 0.3) is 0 Å². The van der Waals surface area contributed by atoms with E-state index in [4.69, 9.17) is 0 Å². The Balaban J connectivity index is 2.00. The van der Waals surface area contributed by atoms with Gasteiger partial charge in [0.05, 0.1) is 6.10 Å². The summed E-state index contributed by atoms with van der Waals surface area (Å²) in [5, 5.41) is 9.29. The van der Waals surface area contributed by atoms with Crippen molar-refractivity contribution in [2.45, 2.75) is 38.7 Å². The second kappa shape index (κ2) is 5.30. The summed E-state index contributed by atoms with van der Waals surface area (Å²) in [5.41, 5.74) is 1.11. The third-order valence-electron chi connectivity index (χ3n) is 3.02. The van der Waals surface area contributed by atoms with Crippen molar-refractivity contribution in [2.75, 3.05) is 18.0 Å². The Morgan fingerprint density at radius 2 is 2.06 bits per heavy atom. The molecule has 0 spiro atoms. The smallest absolute Gasteiger partial charge is 0.128 e. The highest BCUT2D eigenvalue weighted by atomic mass is 16.3. The zero-order valence-corrected chi connectivity index (χ0v) is 9.89. The SMILES string of the molecule is C[C@H](O)Cc1ccc(N2CCCCC2)nc1. The van der Waals surface area contributed by atoms with Gasteiger partial charge in [-0.1, -0.05) is 6.07 Å². The van der Waals surface area contributed by atoms with Gasteiger partial charge in [-0.05, 0) is 44.2 Å². The van der Waals surface area contributed by atoms with E-state index in [0.29, 0.717) is 6.42 Å². The van der Waals surface area contributed by atoms with E-state index in [0.717, 1.165) is 24.5 Å². The topological polar surface area (TPSA) is 36.4 Å². The van der Waals surface area contributed by atoms with E-state index in [1.807, 2.05) is 6.20 Å². The van der Waals surface area contributed by atoms with Crippen molar-refractivity contribution in [3.05, 3.63) is 23.9 Å². The average Bonchev–Trinajstić information content (AvgIpc) is 2.30. The van der Waals surface area contributed by atoms with Crippen LogP contribution < -0.4 is 4.90 Å². The van der Waals surface area contributed by atoms with Gasteiger partial charge in [-0.15, -0.1) is 0 Å². The first kappa shape index (κ1) is 11.4. The normalized spacial score (nSPS) is 18.5.